The normalized spacial score (nSPS) is 18.4. The molecule has 0 saturated heterocycles. The predicted octanol–water partition coefficient (Wildman–Crippen LogP) is 4.73. The molecule has 1 saturated carbocycles. The monoisotopic (exact) mass is 467 g/mol. The van der Waals surface area contributed by atoms with Crippen LogP contribution in [0.25, 0.3) is 10.9 Å². The first kappa shape index (κ1) is 23.0. The maximum atomic E-state index is 12.6. The summed E-state index contributed by atoms with van der Waals surface area (Å²) in [7, 11) is 0. The van der Waals surface area contributed by atoms with E-state index < -0.39 is 6.10 Å². The molecule has 0 radical (unpaired) electrons. The first-order valence-corrected chi connectivity index (χ1v) is 12.1. The number of benzene rings is 3. The van der Waals surface area contributed by atoms with Gasteiger partial charge in [-0.2, -0.15) is 0 Å². The second-order valence-corrected chi connectivity index (χ2v) is 9.44. The number of carbonyl (C=O) groups is 1. The zero-order valence-corrected chi connectivity index (χ0v) is 19.5. The molecule has 0 bridgehead atoms. The average Bonchev–Trinajstić information content (AvgIpc) is 3.35. The maximum Gasteiger partial charge on any atom is 0.261 e. The Bertz CT molecular complexity index is 1370. The number of hydrogen-bond donors (Lipinski definition) is 2. The van der Waals surface area contributed by atoms with Gasteiger partial charge >= 0.3 is 0 Å². The van der Waals surface area contributed by atoms with E-state index in [2.05, 4.69) is 10.3 Å². The molecule has 1 fully saturated rings. The van der Waals surface area contributed by atoms with Crippen LogP contribution in [0.3, 0.4) is 0 Å². The quantitative estimate of drug-likeness (QED) is 0.412. The molecule has 4 aromatic rings. The Kier molecular flexibility index (Phi) is 6.73. The highest BCUT2D eigenvalue weighted by Crippen LogP contribution is 2.40. The van der Waals surface area contributed by atoms with E-state index in [0.29, 0.717) is 28.4 Å². The third-order valence-corrected chi connectivity index (χ3v) is 6.98. The molecule has 178 valence electrons. The highest BCUT2D eigenvalue weighted by Gasteiger charge is 2.30. The van der Waals surface area contributed by atoms with Crippen molar-refractivity contribution in [1.29, 1.82) is 0 Å². The van der Waals surface area contributed by atoms with Crippen molar-refractivity contribution in [2.75, 3.05) is 5.32 Å². The number of amides is 1. The summed E-state index contributed by atoms with van der Waals surface area (Å²) in [5, 5.41) is 14.1. The van der Waals surface area contributed by atoms with Crippen molar-refractivity contribution in [3.05, 3.63) is 107 Å². The number of nitrogens with one attached hydrogen (secondary N) is 1. The van der Waals surface area contributed by atoms with Crippen molar-refractivity contribution < 1.29 is 9.90 Å². The van der Waals surface area contributed by atoms with Gasteiger partial charge in [0, 0.05) is 5.69 Å². The van der Waals surface area contributed by atoms with E-state index in [4.69, 9.17) is 0 Å². The first-order chi connectivity index (χ1) is 17.1. The molecule has 1 aliphatic rings. The molecule has 35 heavy (non-hydrogen) atoms. The van der Waals surface area contributed by atoms with Gasteiger partial charge in [0.15, 0.2) is 0 Å². The molecule has 3 aromatic carbocycles. The number of aromatic nitrogens is 2. The number of anilines is 1. The lowest BCUT2D eigenvalue weighted by Crippen LogP contribution is -2.27. The minimum atomic E-state index is -0.399. The lowest BCUT2D eigenvalue weighted by molar-refractivity contribution is -0.116. The summed E-state index contributed by atoms with van der Waals surface area (Å²) in [5.41, 5.74) is 3.31. The summed E-state index contributed by atoms with van der Waals surface area (Å²) >= 11 is 0. The molecule has 0 unspecified atom stereocenters. The number of hydrogen-bond acceptors (Lipinski definition) is 4. The van der Waals surface area contributed by atoms with Crippen molar-refractivity contribution in [2.45, 2.75) is 38.3 Å². The fraction of sp³-hybridized carbons (Fsp3) is 0.276. The van der Waals surface area contributed by atoms with Gasteiger partial charge in [-0.1, -0.05) is 54.6 Å². The maximum absolute atomic E-state index is 12.6. The van der Waals surface area contributed by atoms with E-state index in [-0.39, 0.29) is 18.0 Å². The smallest absolute Gasteiger partial charge is 0.261 e. The largest absolute Gasteiger partial charge is 0.388 e. The predicted molar refractivity (Wildman–Crippen MR) is 137 cm³/mol. The van der Waals surface area contributed by atoms with Crippen LogP contribution in [0.1, 0.15) is 36.5 Å². The molecule has 0 aliphatic heterocycles. The highest BCUT2D eigenvalue weighted by atomic mass is 16.3. The van der Waals surface area contributed by atoms with E-state index in [9.17, 15) is 14.7 Å². The van der Waals surface area contributed by atoms with Crippen LogP contribution >= 0.6 is 0 Å². The van der Waals surface area contributed by atoms with Crippen LogP contribution in [0.5, 0.6) is 0 Å². The Hall–Kier alpha value is -3.77. The lowest BCUT2D eigenvalue weighted by Gasteiger charge is -2.19. The van der Waals surface area contributed by atoms with Crippen LogP contribution in [0.2, 0.25) is 0 Å². The summed E-state index contributed by atoms with van der Waals surface area (Å²) < 4.78 is 1.33. The summed E-state index contributed by atoms with van der Waals surface area (Å²) in [4.78, 5) is 29.4. The molecule has 6 nitrogen and oxygen atoms in total. The molecule has 1 heterocycles. The summed E-state index contributed by atoms with van der Waals surface area (Å²) in [5.74, 6) is 0.575. The molecule has 6 heteroatoms. The van der Waals surface area contributed by atoms with Crippen molar-refractivity contribution in [1.82, 2.24) is 9.55 Å². The standard InChI is InChI=1S/C29H29N3O3/c33-27(18-32-19-30-26-9-5-4-8-25(26)29(32)35)31-24-14-11-20(12-15-24)16-21-10-13-23(17-21)28(34)22-6-2-1-3-7-22/h1-9,11-12,14-15,19,21,23,28,34H,10,13,16-18H2,(H,31,33)/t21-,23-,28+/m0/s1. The molecular formula is C29H29N3O3. The molecule has 1 aliphatic carbocycles. The van der Waals surface area contributed by atoms with Gasteiger partial charge in [0.05, 0.1) is 23.3 Å². The minimum absolute atomic E-state index is 0.0916. The second kappa shape index (κ2) is 10.2. The third-order valence-electron chi connectivity index (χ3n) is 6.98. The minimum Gasteiger partial charge on any atom is -0.388 e. The molecule has 3 atom stereocenters. The second-order valence-electron chi connectivity index (χ2n) is 9.44. The van der Waals surface area contributed by atoms with E-state index >= 15 is 0 Å². The molecule has 1 amide bonds. The van der Waals surface area contributed by atoms with Gasteiger partial charge < -0.3 is 10.4 Å². The van der Waals surface area contributed by atoms with Crippen molar-refractivity contribution in [3.8, 4) is 0 Å². The Balaban J connectivity index is 1.15. The Morgan fingerprint density at radius 2 is 1.74 bits per heavy atom. The van der Waals surface area contributed by atoms with Crippen molar-refractivity contribution >= 4 is 22.5 Å². The number of aliphatic hydroxyl groups excluding tert-OH is 1. The number of para-hydroxylation sites is 1. The zero-order chi connectivity index (χ0) is 24.2. The first-order valence-electron chi connectivity index (χ1n) is 12.1. The highest BCUT2D eigenvalue weighted by molar-refractivity contribution is 5.90. The fourth-order valence-corrected chi connectivity index (χ4v) is 5.14. The molecular weight excluding hydrogens is 438 g/mol. The van der Waals surface area contributed by atoms with Crippen LogP contribution < -0.4 is 10.9 Å². The molecule has 1 aromatic heterocycles. The molecule has 2 N–H and O–H groups in total. The summed E-state index contributed by atoms with van der Waals surface area (Å²) in [6.07, 6.45) is 5.15. The van der Waals surface area contributed by atoms with Crippen LogP contribution in [-0.4, -0.2) is 20.6 Å². The fourth-order valence-electron chi connectivity index (χ4n) is 5.14. The van der Waals surface area contributed by atoms with Crippen LogP contribution in [-0.2, 0) is 17.8 Å². The Morgan fingerprint density at radius 3 is 2.54 bits per heavy atom. The number of aliphatic hydroxyl groups is 1. The third kappa shape index (κ3) is 5.33. The van der Waals surface area contributed by atoms with Crippen LogP contribution in [0.4, 0.5) is 5.69 Å². The van der Waals surface area contributed by atoms with E-state index in [1.807, 2.05) is 60.7 Å². The van der Waals surface area contributed by atoms with E-state index in [0.717, 1.165) is 31.2 Å². The number of carbonyl (C=O) groups excluding carboxylic acids is 1. The lowest BCUT2D eigenvalue weighted by atomic mass is 9.91. The zero-order valence-electron chi connectivity index (χ0n) is 19.5. The summed E-state index contributed by atoms with van der Waals surface area (Å²) in [6.45, 7) is -0.0916. The van der Waals surface area contributed by atoms with Crippen LogP contribution in [0, 0.1) is 11.8 Å². The van der Waals surface area contributed by atoms with E-state index in [1.165, 1.54) is 16.5 Å². The van der Waals surface area contributed by atoms with Crippen molar-refractivity contribution in [3.63, 3.8) is 0 Å². The Labute approximate surface area is 204 Å². The van der Waals surface area contributed by atoms with Gasteiger partial charge in [-0.3, -0.25) is 14.2 Å². The Morgan fingerprint density at radius 1 is 1.00 bits per heavy atom. The molecule has 0 spiro atoms. The van der Waals surface area contributed by atoms with Crippen molar-refractivity contribution in [2.24, 2.45) is 11.8 Å². The summed E-state index contributed by atoms with van der Waals surface area (Å²) in [6, 6.07) is 24.9. The SMILES string of the molecule is O=C(Cn1cnc2ccccc2c1=O)Nc1ccc(C[C@@H]2CC[C@H]([C@H](O)c3ccccc3)C2)cc1. The average molecular weight is 468 g/mol. The van der Waals surface area contributed by atoms with Gasteiger partial charge in [-0.15, -0.1) is 0 Å². The number of nitrogens with zero attached hydrogens (tertiary/aromatic N) is 2. The van der Waals surface area contributed by atoms with Gasteiger partial charge in [0.1, 0.15) is 6.54 Å². The molecule has 5 rings (SSSR count). The van der Waals surface area contributed by atoms with Gasteiger partial charge in [-0.25, -0.2) is 4.98 Å². The van der Waals surface area contributed by atoms with E-state index in [1.54, 1.807) is 18.2 Å². The van der Waals surface area contributed by atoms with Crippen LogP contribution in [0.15, 0.2) is 90.0 Å². The number of rotatable bonds is 7. The van der Waals surface area contributed by atoms with Gasteiger partial charge in [0.2, 0.25) is 5.91 Å². The topological polar surface area (TPSA) is 84.2 Å². The number of fused-ring (bicyclic) bond motifs is 1. The van der Waals surface area contributed by atoms with Gasteiger partial charge in [0.25, 0.3) is 5.56 Å². The van der Waals surface area contributed by atoms with Gasteiger partial charge in [-0.05, 0) is 72.9 Å².